The summed E-state index contributed by atoms with van der Waals surface area (Å²) in [5, 5.41) is 11.6. The van der Waals surface area contributed by atoms with Crippen molar-refractivity contribution in [3.05, 3.63) is 35.9 Å². The van der Waals surface area contributed by atoms with Crippen LogP contribution in [0.5, 0.6) is 0 Å². The van der Waals surface area contributed by atoms with Crippen LogP contribution in [0, 0.1) is 0 Å². The van der Waals surface area contributed by atoms with E-state index >= 15 is 0 Å². The number of carboxylic acids is 1. The predicted octanol–water partition coefficient (Wildman–Crippen LogP) is 2.55. The molecule has 0 aliphatic rings. The summed E-state index contributed by atoms with van der Waals surface area (Å²) in [7, 11) is 0. The van der Waals surface area contributed by atoms with Gasteiger partial charge in [0.25, 0.3) is 0 Å². The third kappa shape index (κ3) is 4.73. The van der Waals surface area contributed by atoms with E-state index in [9.17, 15) is 9.59 Å². The summed E-state index contributed by atoms with van der Waals surface area (Å²) in [5.41, 5.74) is 0.965. The molecular formula is C15H21NO3. The zero-order chi connectivity index (χ0) is 14.3. The van der Waals surface area contributed by atoms with Gasteiger partial charge in [0, 0.05) is 6.04 Å². The van der Waals surface area contributed by atoms with Crippen LogP contribution in [0.25, 0.3) is 0 Å². The zero-order valence-corrected chi connectivity index (χ0v) is 11.4. The fourth-order valence-electron chi connectivity index (χ4n) is 2.07. The van der Waals surface area contributed by atoms with E-state index in [1.165, 1.54) is 0 Å². The number of benzene rings is 1. The molecule has 104 valence electrons. The molecule has 1 rings (SSSR count). The SMILES string of the molecule is CCC(CC(=O)O)NC(=O)C(CC)c1ccccc1. The van der Waals surface area contributed by atoms with Gasteiger partial charge in [-0.05, 0) is 18.4 Å². The molecule has 0 spiro atoms. The molecule has 0 heterocycles. The largest absolute Gasteiger partial charge is 0.481 e. The second-order valence-corrected chi connectivity index (χ2v) is 4.58. The number of rotatable bonds is 7. The Morgan fingerprint density at radius 1 is 1.16 bits per heavy atom. The van der Waals surface area contributed by atoms with Gasteiger partial charge in [0.1, 0.15) is 0 Å². The number of hydrogen-bond donors (Lipinski definition) is 2. The van der Waals surface area contributed by atoms with Crippen molar-refractivity contribution < 1.29 is 14.7 Å². The maximum Gasteiger partial charge on any atom is 0.305 e. The Hall–Kier alpha value is -1.84. The van der Waals surface area contributed by atoms with E-state index in [-0.39, 0.29) is 24.3 Å². The summed E-state index contributed by atoms with van der Waals surface area (Å²) in [6, 6.07) is 9.26. The fourth-order valence-corrected chi connectivity index (χ4v) is 2.07. The third-order valence-corrected chi connectivity index (χ3v) is 3.19. The van der Waals surface area contributed by atoms with Gasteiger partial charge >= 0.3 is 5.97 Å². The van der Waals surface area contributed by atoms with Crippen LogP contribution < -0.4 is 5.32 Å². The normalized spacial score (nSPS) is 13.6. The van der Waals surface area contributed by atoms with Crippen LogP contribution in [-0.4, -0.2) is 23.0 Å². The molecule has 2 N–H and O–H groups in total. The maximum absolute atomic E-state index is 12.2. The van der Waals surface area contributed by atoms with Crippen LogP contribution in [-0.2, 0) is 9.59 Å². The molecule has 0 saturated heterocycles. The van der Waals surface area contributed by atoms with Gasteiger partial charge in [0.05, 0.1) is 12.3 Å². The molecule has 2 unspecified atom stereocenters. The first-order valence-corrected chi connectivity index (χ1v) is 6.65. The van der Waals surface area contributed by atoms with Gasteiger partial charge in [-0.3, -0.25) is 9.59 Å². The summed E-state index contributed by atoms with van der Waals surface area (Å²) in [6.45, 7) is 3.83. The monoisotopic (exact) mass is 263 g/mol. The molecular weight excluding hydrogens is 242 g/mol. The molecule has 1 amide bonds. The van der Waals surface area contributed by atoms with Crippen LogP contribution in [0.1, 0.15) is 44.6 Å². The highest BCUT2D eigenvalue weighted by molar-refractivity contribution is 5.84. The predicted molar refractivity (Wildman–Crippen MR) is 73.9 cm³/mol. The quantitative estimate of drug-likeness (QED) is 0.794. The first kappa shape index (κ1) is 15.2. The Morgan fingerprint density at radius 2 is 1.79 bits per heavy atom. The van der Waals surface area contributed by atoms with Crippen molar-refractivity contribution in [2.75, 3.05) is 0 Å². The van der Waals surface area contributed by atoms with Crippen LogP contribution in [0.2, 0.25) is 0 Å². The van der Waals surface area contributed by atoms with Crippen molar-refractivity contribution in [3.63, 3.8) is 0 Å². The third-order valence-electron chi connectivity index (χ3n) is 3.19. The molecule has 0 bridgehead atoms. The van der Waals surface area contributed by atoms with Crippen molar-refractivity contribution in [2.45, 2.75) is 45.1 Å². The van der Waals surface area contributed by atoms with Gasteiger partial charge in [0.2, 0.25) is 5.91 Å². The molecule has 4 heteroatoms. The highest BCUT2D eigenvalue weighted by Crippen LogP contribution is 2.19. The van der Waals surface area contributed by atoms with Crippen molar-refractivity contribution in [2.24, 2.45) is 0 Å². The Kier molecular flexibility index (Phi) is 6.06. The molecule has 4 nitrogen and oxygen atoms in total. The standard InChI is InChI=1S/C15H21NO3/c1-3-12(10-14(17)18)16-15(19)13(4-2)11-8-6-5-7-9-11/h5-9,12-13H,3-4,10H2,1-2H3,(H,16,19)(H,17,18). The lowest BCUT2D eigenvalue weighted by Crippen LogP contribution is -2.38. The van der Waals surface area contributed by atoms with Crippen LogP contribution in [0.15, 0.2) is 30.3 Å². The number of carboxylic acid groups (broad SMARTS) is 1. The average molecular weight is 263 g/mol. The molecule has 2 atom stereocenters. The summed E-state index contributed by atoms with van der Waals surface area (Å²) in [4.78, 5) is 22.9. The number of carbonyl (C=O) groups excluding carboxylic acids is 1. The highest BCUT2D eigenvalue weighted by atomic mass is 16.4. The number of amides is 1. The van der Waals surface area contributed by atoms with Crippen molar-refractivity contribution in [1.29, 1.82) is 0 Å². The maximum atomic E-state index is 12.2. The summed E-state index contributed by atoms with van der Waals surface area (Å²) in [5.74, 6) is -1.20. The Morgan fingerprint density at radius 3 is 2.26 bits per heavy atom. The molecule has 0 aromatic heterocycles. The smallest absolute Gasteiger partial charge is 0.305 e. The van der Waals surface area contributed by atoms with Crippen LogP contribution in [0.4, 0.5) is 0 Å². The molecule has 0 fully saturated rings. The minimum Gasteiger partial charge on any atom is -0.481 e. The molecule has 1 aromatic rings. The first-order valence-electron chi connectivity index (χ1n) is 6.65. The van der Waals surface area contributed by atoms with E-state index in [1.807, 2.05) is 44.2 Å². The Balaban J connectivity index is 2.71. The van der Waals surface area contributed by atoms with Gasteiger partial charge in [-0.15, -0.1) is 0 Å². The lowest BCUT2D eigenvalue weighted by Gasteiger charge is -2.20. The summed E-state index contributed by atoms with van der Waals surface area (Å²) >= 11 is 0. The Labute approximate surface area is 113 Å². The van der Waals surface area contributed by atoms with E-state index in [0.29, 0.717) is 12.8 Å². The van der Waals surface area contributed by atoms with E-state index in [2.05, 4.69) is 5.32 Å². The first-order chi connectivity index (χ1) is 9.08. The van der Waals surface area contributed by atoms with Crippen molar-refractivity contribution in [3.8, 4) is 0 Å². The van der Waals surface area contributed by atoms with Crippen LogP contribution in [0.3, 0.4) is 0 Å². The molecule has 0 aliphatic heterocycles. The molecule has 1 aromatic carbocycles. The number of aliphatic carboxylic acids is 1. The minimum absolute atomic E-state index is 0.0343. The molecule has 0 aliphatic carbocycles. The molecule has 0 radical (unpaired) electrons. The minimum atomic E-state index is -0.889. The van der Waals surface area contributed by atoms with Crippen molar-refractivity contribution in [1.82, 2.24) is 5.32 Å². The lowest BCUT2D eigenvalue weighted by atomic mass is 9.95. The van der Waals surface area contributed by atoms with Gasteiger partial charge in [-0.1, -0.05) is 44.2 Å². The number of carbonyl (C=O) groups is 2. The van der Waals surface area contributed by atoms with Gasteiger partial charge in [0.15, 0.2) is 0 Å². The van der Waals surface area contributed by atoms with E-state index < -0.39 is 5.97 Å². The summed E-state index contributed by atoms with van der Waals surface area (Å²) in [6.07, 6.45) is 1.27. The van der Waals surface area contributed by atoms with E-state index in [1.54, 1.807) is 0 Å². The second-order valence-electron chi connectivity index (χ2n) is 4.58. The number of nitrogens with one attached hydrogen (secondary N) is 1. The van der Waals surface area contributed by atoms with E-state index in [0.717, 1.165) is 5.56 Å². The average Bonchev–Trinajstić information content (AvgIpc) is 2.39. The van der Waals surface area contributed by atoms with Gasteiger partial charge in [-0.2, -0.15) is 0 Å². The van der Waals surface area contributed by atoms with Gasteiger partial charge < -0.3 is 10.4 Å². The van der Waals surface area contributed by atoms with Crippen molar-refractivity contribution >= 4 is 11.9 Å². The molecule has 0 saturated carbocycles. The fraction of sp³-hybridized carbons (Fsp3) is 0.467. The zero-order valence-electron chi connectivity index (χ0n) is 11.4. The topological polar surface area (TPSA) is 66.4 Å². The highest BCUT2D eigenvalue weighted by Gasteiger charge is 2.21. The summed E-state index contributed by atoms with van der Waals surface area (Å²) < 4.78 is 0. The van der Waals surface area contributed by atoms with E-state index in [4.69, 9.17) is 5.11 Å². The van der Waals surface area contributed by atoms with Gasteiger partial charge in [-0.25, -0.2) is 0 Å². The molecule has 19 heavy (non-hydrogen) atoms. The number of hydrogen-bond acceptors (Lipinski definition) is 2. The lowest BCUT2D eigenvalue weighted by molar-refractivity contribution is -0.137. The second kappa shape index (κ2) is 7.56. The van der Waals surface area contributed by atoms with Crippen LogP contribution >= 0.6 is 0 Å². The Bertz CT molecular complexity index is 417.